The molecule has 2 aliphatic rings. The number of piperidine rings is 2. The van der Waals surface area contributed by atoms with Gasteiger partial charge in [-0.15, -0.1) is 10.2 Å². The highest BCUT2D eigenvalue weighted by molar-refractivity contribution is 6.42. The molecule has 4 aromatic rings. The van der Waals surface area contributed by atoms with Crippen molar-refractivity contribution in [3.05, 3.63) is 68.8 Å². The molecule has 2 aromatic heterocycles. The van der Waals surface area contributed by atoms with Gasteiger partial charge >= 0.3 is 24.5 Å². The third kappa shape index (κ3) is 13.5. The van der Waals surface area contributed by atoms with Crippen LogP contribution in [0.3, 0.4) is 0 Å². The first kappa shape index (κ1) is 47.6. The monoisotopic (exact) mass is 964 g/mol. The summed E-state index contributed by atoms with van der Waals surface area (Å²) in [6, 6.07) is 3.32. The molecule has 0 radical (unpaired) electrons. The van der Waals surface area contributed by atoms with Crippen LogP contribution in [0.25, 0.3) is 0 Å². The Labute approximate surface area is 366 Å². The lowest BCUT2D eigenvalue weighted by atomic mass is 9.99. The number of nitrogens with one attached hydrogen (secondary N) is 4. The highest BCUT2D eigenvalue weighted by Gasteiger charge is 2.42. The molecule has 0 spiro atoms. The minimum absolute atomic E-state index is 0.00240. The van der Waals surface area contributed by atoms with E-state index in [1.165, 1.54) is 18.2 Å². The molecule has 0 bridgehead atoms. The summed E-state index contributed by atoms with van der Waals surface area (Å²) < 4.78 is 137. The normalized spacial score (nSPS) is 20.4. The fourth-order valence-electron chi connectivity index (χ4n) is 6.23. The second kappa shape index (κ2) is 20.7. The lowest BCUT2D eigenvalue weighted by Gasteiger charge is -2.33. The van der Waals surface area contributed by atoms with Crippen LogP contribution in [0.4, 0.5) is 35.1 Å². The predicted octanol–water partition coefficient (Wildman–Crippen LogP) is 6.77. The molecule has 2 unspecified atom stereocenters. The number of hydrogen-bond donors (Lipinski definition) is 4. The Morgan fingerprint density at radius 1 is 0.683 bits per heavy atom. The highest BCUT2D eigenvalue weighted by Crippen LogP contribution is 2.32. The van der Waals surface area contributed by atoms with E-state index in [1.807, 2.05) is 0 Å². The first-order valence-corrected chi connectivity index (χ1v) is 20.0. The van der Waals surface area contributed by atoms with Gasteiger partial charge in [-0.05, 0) is 49.9 Å². The van der Waals surface area contributed by atoms with Crippen molar-refractivity contribution < 1.29 is 72.5 Å². The first-order valence-electron chi connectivity index (χ1n) is 18.9. The van der Waals surface area contributed by atoms with E-state index in [4.69, 9.17) is 62.6 Å². The number of carbonyl (C=O) groups excluding carboxylic acids is 2. The van der Waals surface area contributed by atoms with Crippen LogP contribution >= 0.6 is 34.8 Å². The summed E-state index contributed by atoms with van der Waals surface area (Å²) in [4.78, 5) is 28.5. The van der Waals surface area contributed by atoms with Gasteiger partial charge in [0.2, 0.25) is 29.8 Å². The SMILES string of the molecule is O=C(N[C@H]1CC[C@H](c2nnc(OCCC(F)(F)F)o2)NC1)C(Oc1ccc(Cl)c(Cl)c1)C(Oc1ccc(Cl)c(F)c1F)C(=O)N[C@H]1CC[C@H](c2nnc(OCCC(F)(F)F)o2)NC1. The summed E-state index contributed by atoms with van der Waals surface area (Å²) >= 11 is 18.1. The molecular formula is C36H35Cl3F8N8O8. The summed E-state index contributed by atoms with van der Waals surface area (Å²) in [6.07, 6.45) is -15.3. The molecule has 0 saturated carbocycles. The number of hydrogen-bond acceptors (Lipinski definition) is 14. The summed E-state index contributed by atoms with van der Waals surface area (Å²) in [5.41, 5.74) is 0. The minimum atomic E-state index is -4.45. The predicted molar refractivity (Wildman–Crippen MR) is 201 cm³/mol. The zero-order valence-electron chi connectivity index (χ0n) is 32.1. The number of aromatic nitrogens is 4. The number of amides is 2. The van der Waals surface area contributed by atoms with Crippen molar-refractivity contribution in [3.8, 4) is 23.7 Å². The van der Waals surface area contributed by atoms with Crippen LogP contribution in [0.1, 0.15) is 62.4 Å². The van der Waals surface area contributed by atoms with Gasteiger partial charge in [-0.1, -0.05) is 45.0 Å². The maximum atomic E-state index is 15.3. The van der Waals surface area contributed by atoms with E-state index in [2.05, 4.69) is 41.7 Å². The van der Waals surface area contributed by atoms with Crippen LogP contribution in [0, 0.1) is 11.6 Å². The Morgan fingerprint density at radius 2 is 1.17 bits per heavy atom. The third-order valence-corrected chi connectivity index (χ3v) is 10.4. The summed E-state index contributed by atoms with van der Waals surface area (Å²) in [6.45, 7) is -1.37. The van der Waals surface area contributed by atoms with Gasteiger partial charge in [-0.2, -0.15) is 30.7 Å². The Hall–Kier alpha value is -4.91. The molecule has 63 heavy (non-hydrogen) atoms. The number of nitrogens with zero attached hydrogens (tertiary/aromatic N) is 4. The fourth-order valence-corrected chi connectivity index (χ4v) is 6.67. The van der Waals surface area contributed by atoms with Crippen LogP contribution in [0.15, 0.2) is 39.2 Å². The van der Waals surface area contributed by atoms with E-state index in [0.717, 1.165) is 12.1 Å². The molecule has 2 saturated heterocycles. The summed E-state index contributed by atoms with van der Waals surface area (Å²) in [5, 5.41) is 26.0. The van der Waals surface area contributed by atoms with Crippen molar-refractivity contribution in [3.63, 3.8) is 0 Å². The topological polar surface area (TPSA) is 197 Å². The molecule has 2 amide bonds. The van der Waals surface area contributed by atoms with Crippen molar-refractivity contribution >= 4 is 46.6 Å². The molecule has 27 heteroatoms. The fraction of sp³-hybridized carbons (Fsp3) is 0.500. The molecule has 2 fully saturated rings. The third-order valence-electron chi connectivity index (χ3n) is 9.38. The number of carbonyl (C=O) groups is 2. The van der Waals surface area contributed by atoms with Gasteiger partial charge in [0.1, 0.15) is 19.0 Å². The number of halogens is 11. The Balaban J connectivity index is 1.16. The first-order chi connectivity index (χ1) is 29.8. The minimum Gasteiger partial charge on any atom is -0.476 e. The summed E-state index contributed by atoms with van der Waals surface area (Å²) in [5.74, 6) is -5.90. The van der Waals surface area contributed by atoms with E-state index >= 15 is 4.39 Å². The molecule has 16 nitrogen and oxygen atoms in total. The van der Waals surface area contributed by atoms with Crippen LogP contribution in [-0.2, 0) is 9.59 Å². The van der Waals surface area contributed by atoms with Crippen molar-refractivity contribution in [2.75, 3.05) is 26.3 Å². The van der Waals surface area contributed by atoms with Crippen LogP contribution < -0.4 is 40.2 Å². The lowest BCUT2D eigenvalue weighted by Crippen LogP contribution is -2.60. The second-order valence-corrected chi connectivity index (χ2v) is 15.3. The molecule has 4 heterocycles. The molecule has 6 rings (SSSR count). The largest absolute Gasteiger partial charge is 0.476 e. The Kier molecular flexibility index (Phi) is 15.6. The van der Waals surface area contributed by atoms with Gasteiger partial charge in [-0.3, -0.25) is 9.59 Å². The maximum Gasteiger partial charge on any atom is 0.414 e. The van der Waals surface area contributed by atoms with Crippen molar-refractivity contribution in [2.24, 2.45) is 0 Å². The van der Waals surface area contributed by atoms with Gasteiger partial charge in [0.05, 0.1) is 40.0 Å². The van der Waals surface area contributed by atoms with Crippen molar-refractivity contribution in [2.45, 2.75) is 87.3 Å². The van der Waals surface area contributed by atoms with E-state index < -0.39 is 121 Å². The highest BCUT2D eigenvalue weighted by atomic mass is 35.5. The maximum absolute atomic E-state index is 15.3. The quantitative estimate of drug-likeness (QED) is 0.0639. The molecule has 0 aliphatic carbocycles. The molecule has 4 N–H and O–H groups in total. The number of ether oxygens (including phenoxy) is 4. The van der Waals surface area contributed by atoms with Gasteiger partial charge in [-0.25, -0.2) is 4.39 Å². The van der Waals surface area contributed by atoms with Gasteiger partial charge < -0.3 is 49.0 Å². The van der Waals surface area contributed by atoms with Gasteiger partial charge in [0, 0.05) is 31.2 Å². The van der Waals surface area contributed by atoms with Crippen LogP contribution in [-0.4, -0.2) is 95.2 Å². The number of rotatable bonds is 17. The second-order valence-electron chi connectivity index (χ2n) is 14.1. The van der Waals surface area contributed by atoms with Gasteiger partial charge in [0.25, 0.3) is 11.8 Å². The smallest absolute Gasteiger partial charge is 0.414 e. The van der Waals surface area contributed by atoms with E-state index in [9.17, 15) is 40.3 Å². The van der Waals surface area contributed by atoms with Gasteiger partial charge in [0.15, 0.2) is 11.6 Å². The van der Waals surface area contributed by atoms with Crippen molar-refractivity contribution in [1.82, 2.24) is 41.7 Å². The molecular weight excluding hydrogens is 931 g/mol. The number of benzene rings is 2. The van der Waals surface area contributed by atoms with Crippen LogP contribution in [0.2, 0.25) is 15.1 Å². The molecule has 2 aliphatic heterocycles. The lowest BCUT2D eigenvalue weighted by molar-refractivity contribution is -0.143. The Morgan fingerprint density at radius 3 is 1.63 bits per heavy atom. The molecule has 344 valence electrons. The van der Waals surface area contributed by atoms with E-state index in [-0.39, 0.29) is 66.3 Å². The van der Waals surface area contributed by atoms with E-state index in [0.29, 0.717) is 0 Å². The van der Waals surface area contributed by atoms with Crippen molar-refractivity contribution in [1.29, 1.82) is 0 Å². The standard InChI is InChI=1S/C36H35Cl3F8N8O8/c37-19-4-3-18(13-21(19)39)60-27(29(56)50-16-1-6-22(48-14-16)31-52-54-33(62-31)58-11-9-35(42,43)44)28(61-24-8-5-20(38)25(40)26(24)41)30(57)51-17-2-7-23(49-15-17)32-53-55-34(63-32)59-12-10-36(45,46)47/h3-5,8,13,16-17,22-23,27-28,48-49H,1-2,6-7,9-12,14-15H2,(H,50,56)(H,51,57)/t16-,17-,22+,23+,27?,28?/m0/s1. The average molecular weight is 966 g/mol. The van der Waals surface area contributed by atoms with Crippen LogP contribution in [0.5, 0.6) is 23.7 Å². The average Bonchev–Trinajstić information content (AvgIpc) is 3.90. The Bertz CT molecular complexity index is 2190. The molecule has 6 atom stereocenters. The number of alkyl halides is 6. The zero-order chi connectivity index (χ0) is 45.5. The molecule has 2 aromatic carbocycles. The zero-order valence-corrected chi connectivity index (χ0v) is 34.4. The summed E-state index contributed by atoms with van der Waals surface area (Å²) in [7, 11) is 0. The van der Waals surface area contributed by atoms with E-state index in [1.54, 1.807) is 0 Å².